The van der Waals surface area contributed by atoms with Gasteiger partial charge in [0.2, 0.25) is 0 Å². The van der Waals surface area contributed by atoms with E-state index in [2.05, 4.69) is 18.8 Å². The third-order valence-electron chi connectivity index (χ3n) is 3.62. The van der Waals surface area contributed by atoms with Crippen molar-refractivity contribution in [2.45, 2.75) is 39.2 Å². The molecule has 1 heterocycles. The van der Waals surface area contributed by atoms with Crippen LogP contribution in [0, 0.1) is 6.92 Å². The van der Waals surface area contributed by atoms with Crippen LogP contribution in [0.15, 0.2) is 18.3 Å². The van der Waals surface area contributed by atoms with Crippen molar-refractivity contribution in [3.8, 4) is 0 Å². The number of aryl methyl sites for hydroxylation is 1. The fourth-order valence-corrected chi connectivity index (χ4v) is 2.28. The number of rotatable bonds is 5. The smallest absolute Gasteiger partial charge is 0.184 e. The SMILES string of the molecule is CCC(CC)(C(=O)c1ccc(C)nc1)N(C)C. The number of likely N-dealkylation sites (N-methyl/N-ethyl adjacent to an activating group) is 1. The molecule has 1 aromatic heterocycles. The highest BCUT2D eigenvalue weighted by Gasteiger charge is 2.37. The van der Waals surface area contributed by atoms with Crippen molar-refractivity contribution < 1.29 is 4.79 Å². The van der Waals surface area contributed by atoms with Crippen LogP contribution in [0.3, 0.4) is 0 Å². The van der Waals surface area contributed by atoms with Gasteiger partial charge in [-0.2, -0.15) is 0 Å². The van der Waals surface area contributed by atoms with Gasteiger partial charge in [-0.25, -0.2) is 0 Å². The number of Topliss-reactive ketones (excluding diaryl/α,β-unsaturated/α-hetero) is 1. The molecule has 94 valence electrons. The van der Waals surface area contributed by atoms with Gasteiger partial charge in [0.15, 0.2) is 5.78 Å². The highest BCUT2D eigenvalue weighted by molar-refractivity contribution is 6.02. The van der Waals surface area contributed by atoms with Crippen LogP contribution in [0.4, 0.5) is 0 Å². The molecule has 0 aliphatic carbocycles. The molecule has 0 aromatic carbocycles. The molecule has 1 rings (SSSR count). The first kappa shape index (κ1) is 13.8. The molecule has 0 atom stereocenters. The lowest BCUT2D eigenvalue weighted by Gasteiger charge is -2.37. The summed E-state index contributed by atoms with van der Waals surface area (Å²) in [4.78, 5) is 18.8. The van der Waals surface area contributed by atoms with Crippen molar-refractivity contribution >= 4 is 5.78 Å². The predicted octanol–water partition coefficient (Wildman–Crippen LogP) is 2.69. The number of nitrogens with zero attached hydrogens (tertiary/aromatic N) is 2. The van der Waals surface area contributed by atoms with Gasteiger partial charge in [0.05, 0.1) is 5.54 Å². The van der Waals surface area contributed by atoms with Crippen molar-refractivity contribution in [2.75, 3.05) is 14.1 Å². The number of hydrogen-bond acceptors (Lipinski definition) is 3. The normalized spacial score (nSPS) is 11.9. The van der Waals surface area contributed by atoms with Crippen LogP contribution in [-0.4, -0.2) is 35.3 Å². The van der Waals surface area contributed by atoms with E-state index in [1.807, 2.05) is 38.1 Å². The fraction of sp³-hybridized carbons (Fsp3) is 0.571. The third-order valence-corrected chi connectivity index (χ3v) is 3.62. The molecule has 1 aromatic rings. The van der Waals surface area contributed by atoms with Crippen molar-refractivity contribution in [2.24, 2.45) is 0 Å². The van der Waals surface area contributed by atoms with E-state index >= 15 is 0 Å². The topological polar surface area (TPSA) is 33.2 Å². The molecule has 0 amide bonds. The van der Waals surface area contributed by atoms with Gasteiger partial charge < -0.3 is 0 Å². The molecule has 0 aliphatic rings. The summed E-state index contributed by atoms with van der Waals surface area (Å²) in [5.74, 6) is 0.167. The fourth-order valence-electron chi connectivity index (χ4n) is 2.28. The van der Waals surface area contributed by atoms with E-state index in [0.717, 1.165) is 18.5 Å². The quantitative estimate of drug-likeness (QED) is 0.734. The van der Waals surface area contributed by atoms with E-state index in [-0.39, 0.29) is 5.78 Å². The Labute approximate surface area is 104 Å². The van der Waals surface area contributed by atoms with Crippen LogP contribution >= 0.6 is 0 Å². The van der Waals surface area contributed by atoms with Crippen LogP contribution in [0.2, 0.25) is 0 Å². The van der Waals surface area contributed by atoms with Crippen LogP contribution < -0.4 is 0 Å². The summed E-state index contributed by atoms with van der Waals surface area (Å²) in [6.45, 7) is 6.04. The van der Waals surface area contributed by atoms with Gasteiger partial charge in [-0.05, 0) is 46.0 Å². The summed E-state index contributed by atoms with van der Waals surface area (Å²) in [6, 6.07) is 3.76. The first-order chi connectivity index (χ1) is 7.97. The van der Waals surface area contributed by atoms with Crippen LogP contribution in [0.25, 0.3) is 0 Å². The van der Waals surface area contributed by atoms with Gasteiger partial charge in [0, 0.05) is 17.5 Å². The molecule has 0 unspecified atom stereocenters. The summed E-state index contributed by atoms with van der Waals surface area (Å²) in [6.07, 6.45) is 3.30. The predicted molar refractivity (Wildman–Crippen MR) is 70.3 cm³/mol. The average Bonchev–Trinajstić information content (AvgIpc) is 2.31. The van der Waals surface area contributed by atoms with E-state index in [9.17, 15) is 4.79 Å². The Kier molecular flexibility index (Phi) is 4.40. The molecule has 3 nitrogen and oxygen atoms in total. The summed E-state index contributed by atoms with van der Waals surface area (Å²) >= 11 is 0. The number of carbonyl (C=O) groups is 1. The molecule has 17 heavy (non-hydrogen) atoms. The molecule has 3 heteroatoms. The first-order valence-electron chi connectivity index (χ1n) is 6.12. The van der Waals surface area contributed by atoms with Crippen molar-refractivity contribution in [3.05, 3.63) is 29.6 Å². The van der Waals surface area contributed by atoms with Gasteiger partial charge in [0.25, 0.3) is 0 Å². The minimum absolute atomic E-state index is 0.167. The van der Waals surface area contributed by atoms with Crippen LogP contribution in [0.1, 0.15) is 42.7 Å². The number of carbonyl (C=O) groups excluding carboxylic acids is 1. The Morgan fingerprint density at radius 1 is 1.29 bits per heavy atom. The van der Waals surface area contributed by atoms with Crippen LogP contribution in [-0.2, 0) is 0 Å². The summed E-state index contributed by atoms with van der Waals surface area (Å²) in [7, 11) is 3.93. The number of aromatic nitrogens is 1. The Hall–Kier alpha value is -1.22. The number of ketones is 1. The number of pyridine rings is 1. The van der Waals surface area contributed by atoms with E-state index < -0.39 is 5.54 Å². The lowest BCUT2D eigenvalue weighted by atomic mass is 9.83. The lowest BCUT2D eigenvalue weighted by molar-refractivity contribution is 0.0656. The minimum Gasteiger partial charge on any atom is -0.297 e. The highest BCUT2D eigenvalue weighted by atomic mass is 16.1. The number of hydrogen-bond donors (Lipinski definition) is 0. The largest absolute Gasteiger partial charge is 0.297 e. The standard InChI is InChI=1S/C14H22N2O/c1-6-14(7-2,16(4)5)13(17)12-9-8-11(3)15-10-12/h8-10H,6-7H2,1-5H3. The maximum absolute atomic E-state index is 12.6. The molecule has 0 spiro atoms. The molecule has 0 bridgehead atoms. The third kappa shape index (κ3) is 2.55. The monoisotopic (exact) mass is 234 g/mol. The van der Waals surface area contributed by atoms with Gasteiger partial charge in [-0.3, -0.25) is 14.7 Å². The maximum atomic E-state index is 12.6. The summed E-state index contributed by atoms with van der Waals surface area (Å²) in [5, 5.41) is 0. The highest BCUT2D eigenvalue weighted by Crippen LogP contribution is 2.26. The molecule has 0 saturated carbocycles. The van der Waals surface area contributed by atoms with Crippen molar-refractivity contribution in [3.63, 3.8) is 0 Å². The minimum atomic E-state index is -0.406. The van der Waals surface area contributed by atoms with E-state index in [0.29, 0.717) is 5.56 Å². The molecule has 0 N–H and O–H groups in total. The molecular formula is C14H22N2O. The lowest BCUT2D eigenvalue weighted by Crippen LogP contribution is -2.50. The van der Waals surface area contributed by atoms with Crippen molar-refractivity contribution in [1.29, 1.82) is 0 Å². The first-order valence-corrected chi connectivity index (χ1v) is 6.12. The Morgan fingerprint density at radius 3 is 2.24 bits per heavy atom. The second kappa shape index (κ2) is 5.41. The zero-order valence-corrected chi connectivity index (χ0v) is 11.4. The second-order valence-corrected chi connectivity index (χ2v) is 4.65. The molecule has 0 fully saturated rings. The average molecular weight is 234 g/mol. The van der Waals surface area contributed by atoms with E-state index in [1.54, 1.807) is 6.20 Å². The van der Waals surface area contributed by atoms with E-state index in [1.165, 1.54) is 0 Å². The molecule has 0 radical (unpaired) electrons. The van der Waals surface area contributed by atoms with Crippen LogP contribution in [0.5, 0.6) is 0 Å². The molecular weight excluding hydrogens is 212 g/mol. The Morgan fingerprint density at radius 2 is 1.88 bits per heavy atom. The zero-order valence-electron chi connectivity index (χ0n) is 11.4. The molecule has 0 aliphatic heterocycles. The molecule has 0 saturated heterocycles. The maximum Gasteiger partial charge on any atom is 0.184 e. The summed E-state index contributed by atoms with van der Waals surface area (Å²) < 4.78 is 0. The van der Waals surface area contributed by atoms with Gasteiger partial charge in [0.1, 0.15) is 0 Å². The van der Waals surface area contributed by atoms with Gasteiger partial charge in [-0.1, -0.05) is 13.8 Å². The van der Waals surface area contributed by atoms with E-state index in [4.69, 9.17) is 0 Å². The second-order valence-electron chi connectivity index (χ2n) is 4.65. The van der Waals surface area contributed by atoms with Crippen molar-refractivity contribution in [1.82, 2.24) is 9.88 Å². The summed E-state index contributed by atoms with van der Waals surface area (Å²) in [5.41, 5.74) is 1.23. The Balaban J connectivity index is 3.12. The Bertz CT molecular complexity index is 378. The van der Waals surface area contributed by atoms with Gasteiger partial charge >= 0.3 is 0 Å². The zero-order chi connectivity index (χ0) is 13.1. The van der Waals surface area contributed by atoms with Gasteiger partial charge in [-0.15, -0.1) is 0 Å².